The van der Waals surface area contributed by atoms with Crippen molar-refractivity contribution in [3.63, 3.8) is 0 Å². The number of nitrogens with zero attached hydrogens (tertiary/aromatic N) is 2. The minimum atomic E-state index is 0.237. The second-order valence-electron chi connectivity index (χ2n) is 5.47. The molecule has 5 nitrogen and oxygen atoms in total. The van der Waals surface area contributed by atoms with Crippen LogP contribution < -0.4 is 5.73 Å². The molecular formula is C13H25N3O2. The Morgan fingerprint density at radius 1 is 1.33 bits per heavy atom. The van der Waals surface area contributed by atoms with E-state index in [2.05, 4.69) is 30.7 Å². The highest BCUT2D eigenvalue weighted by atomic mass is 16.5. The van der Waals surface area contributed by atoms with E-state index in [9.17, 15) is 0 Å². The van der Waals surface area contributed by atoms with E-state index in [1.165, 1.54) is 0 Å². The van der Waals surface area contributed by atoms with Crippen molar-refractivity contribution in [3.8, 4) is 0 Å². The van der Waals surface area contributed by atoms with E-state index < -0.39 is 0 Å². The van der Waals surface area contributed by atoms with Crippen LogP contribution in [0.15, 0.2) is 4.99 Å². The topological polar surface area (TPSA) is 60.1 Å². The lowest BCUT2D eigenvalue weighted by atomic mass is 10.0. The Morgan fingerprint density at radius 2 is 2.11 bits per heavy atom. The van der Waals surface area contributed by atoms with Gasteiger partial charge in [-0.3, -0.25) is 4.99 Å². The first-order valence-electron chi connectivity index (χ1n) is 6.88. The zero-order valence-corrected chi connectivity index (χ0v) is 11.6. The van der Waals surface area contributed by atoms with Gasteiger partial charge in [-0.15, -0.1) is 0 Å². The molecule has 0 bridgehead atoms. The van der Waals surface area contributed by atoms with Crippen LogP contribution in [0.2, 0.25) is 0 Å². The molecule has 0 aromatic rings. The van der Waals surface area contributed by atoms with Crippen LogP contribution in [0.4, 0.5) is 0 Å². The number of ether oxygens (including phenoxy) is 2. The fraction of sp³-hybridized carbons (Fsp3) is 0.923. The molecule has 5 heteroatoms. The summed E-state index contributed by atoms with van der Waals surface area (Å²) in [4.78, 5) is 6.64. The number of hydrogen-bond acceptors (Lipinski definition) is 3. The molecule has 2 N–H and O–H groups in total. The average molecular weight is 255 g/mol. The zero-order valence-electron chi connectivity index (χ0n) is 11.6. The SMILES string of the molecule is CC1CN(C(N)=NCC2CC(C)OC2C)CCO1. The van der Waals surface area contributed by atoms with Crippen molar-refractivity contribution in [1.82, 2.24) is 4.90 Å². The summed E-state index contributed by atoms with van der Waals surface area (Å²) in [7, 11) is 0. The molecule has 0 aromatic heterocycles. The summed E-state index contributed by atoms with van der Waals surface area (Å²) in [6.07, 6.45) is 1.96. The van der Waals surface area contributed by atoms with Crippen molar-refractivity contribution in [3.05, 3.63) is 0 Å². The van der Waals surface area contributed by atoms with Gasteiger partial charge in [0.25, 0.3) is 0 Å². The van der Waals surface area contributed by atoms with Gasteiger partial charge in [-0.25, -0.2) is 0 Å². The molecule has 0 amide bonds. The monoisotopic (exact) mass is 255 g/mol. The second kappa shape index (κ2) is 5.89. The third-order valence-corrected chi connectivity index (χ3v) is 3.80. The van der Waals surface area contributed by atoms with E-state index in [4.69, 9.17) is 15.2 Å². The molecule has 2 aliphatic heterocycles. The van der Waals surface area contributed by atoms with E-state index in [-0.39, 0.29) is 6.10 Å². The maximum absolute atomic E-state index is 6.05. The first-order valence-corrected chi connectivity index (χ1v) is 6.88. The minimum Gasteiger partial charge on any atom is -0.375 e. The molecule has 4 unspecified atom stereocenters. The van der Waals surface area contributed by atoms with E-state index >= 15 is 0 Å². The average Bonchev–Trinajstić information content (AvgIpc) is 2.65. The summed E-state index contributed by atoms with van der Waals surface area (Å²) < 4.78 is 11.2. The standard InChI is InChI=1S/C13H25N3O2/c1-9-6-12(11(3)18-9)7-15-13(14)16-4-5-17-10(2)8-16/h9-12H,4-8H2,1-3H3,(H2,14,15). The van der Waals surface area contributed by atoms with E-state index in [0.717, 1.165) is 32.7 Å². The van der Waals surface area contributed by atoms with Crippen LogP contribution in [0.25, 0.3) is 0 Å². The van der Waals surface area contributed by atoms with E-state index in [0.29, 0.717) is 24.1 Å². The Hall–Kier alpha value is -0.810. The normalized spacial score (nSPS) is 38.2. The highest BCUT2D eigenvalue weighted by Gasteiger charge is 2.29. The van der Waals surface area contributed by atoms with Crippen molar-refractivity contribution in [2.45, 2.75) is 45.5 Å². The molecule has 18 heavy (non-hydrogen) atoms. The van der Waals surface area contributed by atoms with Crippen molar-refractivity contribution in [2.24, 2.45) is 16.6 Å². The molecule has 4 atom stereocenters. The molecule has 0 radical (unpaired) electrons. The number of aliphatic imine (C=N–C) groups is 1. The highest BCUT2D eigenvalue weighted by molar-refractivity contribution is 5.78. The summed E-state index contributed by atoms with van der Waals surface area (Å²) >= 11 is 0. The highest BCUT2D eigenvalue weighted by Crippen LogP contribution is 2.26. The Bertz CT molecular complexity index is 309. The van der Waals surface area contributed by atoms with Crippen LogP contribution in [0.5, 0.6) is 0 Å². The maximum Gasteiger partial charge on any atom is 0.191 e. The third-order valence-electron chi connectivity index (χ3n) is 3.80. The molecule has 0 saturated carbocycles. The van der Waals surface area contributed by atoms with Gasteiger partial charge >= 0.3 is 0 Å². The summed E-state index contributed by atoms with van der Waals surface area (Å²) in [5, 5.41) is 0. The summed E-state index contributed by atoms with van der Waals surface area (Å²) in [6.45, 7) is 9.48. The fourth-order valence-corrected chi connectivity index (χ4v) is 2.71. The number of morpholine rings is 1. The third kappa shape index (κ3) is 3.36. The van der Waals surface area contributed by atoms with Gasteiger partial charge in [0.1, 0.15) is 0 Å². The molecule has 2 aliphatic rings. The van der Waals surface area contributed by atoms with Gasteiger partial charge in [0, 0.05) is 25.6 Å². The van der Waals surface area contributed by atoms with Crippen LogP contribution in [0, 0.1) is 5.92 Å². The molecular weight excluding hydrogens is 230 g/mol. The summed E-state index contributed by atoms with van der Waals surface area (Å²) in [5.41, 5.74) is 6.05. The van der Waals surface area contributed by atoms with Crippen LogP contribution in [0.3, 0.4) is 0 Å². The molecule has 2 saturated heterocycles. The van der Waals surface area contributed by atoms with E-state index in [1.54, 1.807) is 0 Å². The van der Waals surface area contributed by atoms with Crippen LogP contribution >= 0.6 is 0 Å². The first-order chi connectivity index (χ1) is 8.56. The quantitative estimate of drug-likeness (QED) is 0.586. The Balaban J connectivity index is 1.84. The molecule has 0 aromatic carbocycles. The van der Waals surface area contributed by atoms with Crippen molar-refractivity contribution < 1.29 is 9.47 Å². The molecule has 104 valence electrons. The Kier molecular flexibility index (Phi) is 4.45. The van der Waals surface area contributed by atoms with Crippen molar-refractivity contribution >= 4 is 5.96 Å². The largest absolute Gasteiger partial charge is 0.375 e. The summed E-state index contributed by atoms with van der Waals surface area (Å²) in [5.74, 6) is 1.15. The van der Waals surface area contributed by atoms with Crippen LogP contribution in [0.1, 0.15) is 27.2 Å². The molecule has 2 heterocycles. The maximum atomic E-state index is 6.05. The lowest BCUT2D eigenvalue weighted by Gasteiger charge is -2.32. The fourth-order valence-electron chi connectivity index (χ4n) is 2.71. The first kappa shape index (κ1) is 13.6. The smallest absolute Gasteiger partial charge is 0.191 e. The zero-order chi connectivity index (χ0) is 13.1. The van der Waals surface area contributed by atoms with Gasteiger partial charge in [0.15, 0.2) is 5.96 Å². The van der Waals surface area contributed by atoms with Gasteiger partial charge in [-0.2, -0.15) is 0 Å². The van der Waals surface area contributed by atoms with Gasteiger partial charge in [0.2, 0.25) is 0 Å². The number of guanidine groups is 1. The molecule has 0 aliphatic carbocycles. The molecule has 2 rings (SSSR count). The Labute approximate surface area is 109 Å². The Morgan fingerprint density at radius 3 is 2.72 bits per heavy atom. The summed E-state index contributed by atoms with van der Waals surface area (Å²) in [6, 6.07) is 0. The van der Waals surface area contributed by atoms with Gasteiger partial charge in [-0.1, -0.05) is 0 Å². The number of nitrogens with two attached hydrogens (primary N) is 1. The molecule has 0 spiro atoms. The lowest BCUT2D eigenvalue weighted by molar-refractivity contribution is 0.00523. The van der Waals surface area contributed by atoms with Crippen LogP contribution in [-0.4, -0.2) is 55.4 Å². The van der Waals surface area contributed by atoms with Crippen molar-refractivity contribution in [1.29, 1.82) is 0 Å². The van der Waals surface area contributed by atoms with Gasteiger partial charge < -0.3 is 20.1 Å². The van der Waals surface area contributed by atoms with Crippen LogP contribution in [-0.2, 0) is 9.47 Å². The lowest BCUT2D eigenvalue weighted by Crippen LogP contribution is -2.48. The van der Waals surface area contributed by atoms with Gasteiger partial charge in [-0.05, 0) is 27.2 Å². The minimum absolute atomic E-state index is 0.237. The van der Waals surface area contributed by atoms with E-state index in [1.807, 2.05) is 0 Å². The predicted molar refractivity (Wildman–Crippen MR) is 71.6 cm³/mol. The predicted octanol–water partition coefficient (Wildman–Crippen LogP) is 0.835. The van der Waals surface area contributed by atoms with Crippen molar-refractivity contribution in [2.75, 3.05) is 26.2 Å². The molecule has 2 fully saturated rings. The van der Waals surface area contributed by atoms with Gasteiger partial charge in [0.05, 0.1) is 24.9 Å². The second-order valence-corrected chi connectivity index (χ2v) is 5.47. The number of hydrogen-bond donors (Lipinski definition) is 1. The number of rotatable bonds is 2.